The summed E-state index contributed by atoms with van der Waals surface area (Å²) in [6.07, 6.45) is 2.12. The van der Waals surface area contributed by atoms with Crippen LogP contribution in [-0.4, -0.2) is 23.5 Å². The Balaban J connectivity index is 2.10. The van der Waals surface area contributed by atoms with E-state index >= 15 is 0 Å². The molecule has 0 spiro atoms. The predicted octanol–water partition coefficient (Wildman–Crippen LogP) is 3.07. The molecule has 1 N–H and O–H groups in total. The van der Waals surface area contributed by atoms with Crippen molar-refractivity contribution in [3.63, 3.8) is 0 Å². The summed E-state index contributed by atoms with van der Waals surface area (Å²) < 4.78 is 1.25. The third-order valence-corrected chi connectivity index (χ3v) is 3.37. The minimum atomic E-state index is 1.02. The standard InChI is InChI=1S/C10H12N2S2/c1-13-5-4-11-8-2-3-9-10(6-8)14-7-12-9/h2-3,6-7,11H,4-5H2,1H3. The van der Waals surface area contributed by atoms with Crippen LogP contribution in [0.2, 0.25) is 0 Å². The van der Waals surface area contributed by atoms with Crippen LogP contribution in [0.25, 0.3) is 10.2 Å². The van der Waals surface area contributed by atoms with Gasteiger partial charge in [0.05, 0.1) is 15.7 Å². The van der Waals surface area contributed by atoms with Gasteiger partial charge in [-0.25, -0.2) is 4.98 Å². The normalized spacial score (nSPS) is 10.6. The molecule has 0 aliphatic heterocycles. The Labute approximate surface area is 91.7 Å². The minimum Gasteiger partial charge on any atom is -0.384 e. The number of thioether (sulfide) groups is 1. The molecule has 0 amide bonds. The minimum absolute atomic E-state index is 1.02. The second-order valence-electron chi connectivity index (χ2n) is 2.95. The molecule has 1 heterocycles. The summed E-state index contributed by atoms with van der Waals surface area (Å²) in [4.78, 5) is 4.24. The Morgan fingerprint density at radius 3 is 3.29 bits per heavy atom. The van der Waals surface area contributed by atoms with Gasteiger partial charge < -0.3 is 5.32 Å². The van der Waals surface area contributed by atoms with Gasteiger partial charge in [0.25, 0.3) is 0 Å². The van der Waals surface area contributed by atoms with Crippen molar-refractivity contribution in [1.29, 1.82) is 0 Å². The van der Waals surface area contributed by atoms with E-state index in [0.717, 1.165) is 17.8 Å². The lowest BCUT2D eigenvalue weighted by Gasteiger charge is -2.04. The number of nitrogens with zero attached hydrogens (tertiary/aromatic N) is 1. The van der Waals surface area contributed by atoms with Gasteiger partial charge in [0.2, 0.25) is 0 Å². The molecule has 1 aromatic carbocycles. The van der Waals surface area contributed by atoms with Gasteiger partial charge in [-0.1, -0.05) is 0 Å². The summed E-state index contributed by atoms with van der Waals surface area (Å²) in [7, 11) is 0. The van der Waals surface area contributed by atoms with Crippen LogP contribution in [0.5, 0.6) is 0 Å². The van der Waals surface area contributed by atoms with Gasteiger partial charge in [0, 0.05) is 18.0 Å². The van der Waals surface area contributed by atoms with E-state index in [2.05, 4.69) is 34.8 Å². The van der Waals surface area contributed by atoms with Gasteiger partial charge in [-0.05, 0) is 24.5 Å². The quantitative estimate of drug-likeness (QED) is 0.808. The van der Waals surface area contributed by atoms with Gasteiger partial charge in [-0.2, -0.15) is 11.8 Å². The third-order valence-electron chi connectivity index (χ3n) is 1.97. The Kier molecular flexibility index (Phi) is 3.26. The van der Waals surface area contributed by atoms with E-state index in [1.54, 1.807) is 11.3 Å². The molecular weight excluding hydrogens is 212 g/mol. The molecule has 0 saturated carbocycles. The van der Waals surface area contributed by atoms with Crippen LogP contribution in [0, 0.1) is 0 Å². The van der Waals surface area contributed by atoms with Crippen molar-refractivity contribution in [2.24, 2.45) is 0 Å². The molecule has 0 aliphatic rings. The Morgan fingerprint density at radius 2 is 2.43 bits per heavy atom. The lowest BCUT2D eigenvalue weighted by atomic mass is 10.3. The molecule has 14 heavy (non-hydrogen) atoms. The molecule has 0 fully saturated rings. The SMILES string of the molecule is CSCCNc1ccc2ncsc2c1. The second-order valence-corrected chi connectivity index (χ2v) is 4.83. The highest BCUT2D eigenvalue weighted by atomic mass is 32.2. The zero-order valence-corrected chi connectivity index (χ0v) is 9.62. The first kappa shape index (κ1) is 9.80. The van der Waals surface area contributed by atoms with E-state index in [0.29, 0.717) is 0 Å². The lowest BCUT2D eigenvalue weighted by Crippen LogP contribution is -2.03. The summed E-state index contributed by atoms with van der Waals surface area (Å²) >= 11 is 3.54. The van der Waals surface area contributed by atoms with Crippen molar-refractivity contribution in [3.05, 3.63) is 23.7 Å². The fourth-order valence-corrected chi connectivity index (χ4v) is 2.29. The Hall–Kier alpha value is -0.740. The van der Waals surface area contributed by atoms with E-state index in [9.17, 15) is 0 Å². The Morgan fingerprint density at radius 1 is 1.50 bits per heavy atom. The molecular formula is C10H12N2S2. The highest BCUT2D eigenvalue weighted by Gasteiger charge is 1.97. The first-order chi connectivity index (χ1) is 6.90. The zero-order valence-electron chi connectivity index (χ0n) is 7.99. The zero-order chi connectivity index (χ0) is 9.80. The van der Waals surface area contributed by atoms with Crippen molar-refractivity contribution in [1.82, 2.24) is 4.98 Å². The summed E-state index contributed by atoms with van der Waals surface area (Å²) in [6.45, 7) is 1.02. The molecule has 0 atom stereocenters. The van der Waals surface area contributed by atoms with E-state index in [4.69, 9.17) is 0 Å². The number of anilines is 1. The summed E-state index contributed by atoms with van der Waals surface area (Å²) in [5.41, 5.74) is 4.16. The van der Waals surface area contributed by atoms with Crippen LogP contribution in [0.3, 0.4) is 0 Å². The number of nitrogens with one attached hydrogen (secondary N) is 1. The molecule has 2 aromatic rings. The molecule has 2 nitrogen and oxygen atoms in total. The smallest absolute Gasteiger partial charge is 0.0813 e. The maximum atomic E-state index is 4.24. The average molecular weight is 224 g/mol. The summed E-state index contributed by atoms with van der Waals surface area (Å²) in [5, 5.41) is 3.39. The fourth-order valence-electron chi connectivity index (χ4n) is 1.26. The van der Waals surface area contributed by atoms with Crippen LogP contribution < -0.4 is 5.32 Å². The molecule has 0 bridgehead atoms. The number of hydrogen-bond acceptors (Lipinski definition) is 4. The highest BCUT2D eigenvalue weighted by molar-refractivity contribution is 7.98. The van der Waals surface area contributed by atoms with Crippen molar-refractivity contribution in [2.75, 3.05) is 23.9 Å². The summed E-state index contributed by atoms with van der Waals surface area (Å²) in [5.74, 6) is 1.14. The first-order valence-corrected chi connectivity index (χ1v) is 6.73. The second kappa shape index (κ2) is 4.66. The molecule has 74 valence electrons. The average Bonchev–Trinajstić information content (AvgIpc) is 2.65. The van der Waals surface area contributed by atoms with Gasteiger partial charge >= 0.3 is 0 Å². The van der Waals surface area contributed by atoms with Crippen molar-refractivity contribution < 1.29 is 0 Å². The van der Waals surface area contributed by atoms with Crippen molar-refractivity contribution >= 4 is 39.0 Å². The number of aromatic nitrogens is 1. The molecule has 0 radical (unpaired) electrons. The topological polar surface area (TPSA) is 24.9 Å². The summed E-state index contributed by atoms with van der Waals surface area (Å²) in [6, 6.07) is 6.31. The maximum absolute atomic E-state index is 4.24. The van der Waals surface area contributed by atoms with Gasteiger partial charge in [0.1, 0.15) is 0 Å². The third kappa shape index (κ3) is 2.19. The van der Waals surface area contributed by atoms with E-state index in [-0.39, 0.29) is 0 Å². The number of thiazole rings is 1. The molecule has 0 unspecified atom stereocenters. The fraction of sp³-hybridized carbons (Fsp3) is 0.300. The molecule has 0 aliphatic carbocycles. The first-order valence-electron chi connectivity index (χ1n) is 4.46. The Bertz CT molecular complexity index is 411. The van der Waals surface area contributed by atoms with Gasteiger partial charge in [-0.3, -0.25) is 0 Å². The molecule has 2 rings (SSSR count). The number of hydrogen-bond donors (Lipinski definition) is 1. The van der Waals surface area contributed by atoms with Crippen LogP contribution in [0.1, 0.15) is 0 Å². The monoisotopic (exact) mass is 224 g/mol. The van der Waals surface area contributed by atoms with Gasteiger partial charge in [-0.15, -0.1) is 11.3 Å². The van der Waals surface area contributed by atoms with E-state index in [1.165, 1.54) is 10.4 Å². The lowest BCUT2D eigenvalue weighted by molar-refractivity contribution is 1.23. The maximum Gasteiger partial charge on any atom is 0.0813 e. The van der Waals surface area contributed by atoms with Crippen LogP contribution >= 0.6 is 23.1 Å². The predicted molar refractivity (Wildman–Crippen MR) is 66.5 cm³/mol. The van der Waals surface area contributed by atoms with Crippen LogP contribution in [0.15, 0.2) is 23.7 Å². The number of fused-ring (bicyclic) bond motifs is 1. The number of rotatable bonds is 4. The van der Waals surface area contributed by atoms with Crippen molar-refractivity contribution in [3.8, 4) is 0 Å². The van der Waals surface area contributed by atoms with Crippen LogP contribution in [-0.2, 0) is 0 Å². The van der Waals surface area contributed by atoms with Gasteiger partial charge in [0.15, 0.2) is 0 Å². The van der Waals surface area contributed by atoms with E-state index < -0.39 is 0 Å². The van der Waals surface area contributed by atoms with E-state index in [1.807, 2.05) is 17.3 Å². The van der Waals surface area contributed by atoms with Crippen LogP contribution in [0.4, 0.5) is 5.69 Å². The number of benzene rings is 1. The highest BCUT2D eigenvalue weighted by Crippen LogP contribution is 2.21. The molecule has 1 aromatic heterocycles. The molecule has 4 heteroatoms. The van der Waals surface area contributed by atoms with Crippen molar-refractivity contribution in [2.45, 2.75) is 0 Å². The molecule has 0 saturated heterocycles. The largest absolute Gasteiger partial charge is 0.384 e.